The number of aliphatic carboxylic acids is 1. The third kappa shape index (κ3) is 8.73. The van der Waals surface area contributed by atoms with E-state index in [0.29, 0.717) is 5.56 Å². The SMILES string of the molecule is COC(=O)OC(C)C(C)C(c1ccc(OC(=O)C(C)C(C)C)c(OC(=O)C(C)C(C)C)c1)[C@H](N)C(=O)O. The molecule has 0 fully saturated rings. The largest absolute Gasteiger partial charge is 0.508 e. The average Bonchev–Trinajstić information content (AvgIpc) is 2.83. The molecule has 1 aromatic rings. The molecule has 0 radical (unpaired) electrons. The number of nitrogens with two attached hydrogens (primary N) is 1. The zero-order valence-electron chi connectivity index (χ0n) is 23.1. The Morgan fingerprint density at radius 1 is 0.811 bits per heavy atom. The summed E-state index contributed by atoms with van der Waals surface area (Å²) in [5.74, 6) is -4.60. The molecule has 1 rings (SSSR count). The van der Waals surface area contributed by atoms with E-state index in [9.17, 15) is 24.3 Å². The van der Waals surface area contributed by atoms with Crippen LogP contribution in [0.25, 0.3) is 0 Å². The van der Waals surface area contributed by atoms with Gasteiger partial charge in [0.1, 0.15) is 12.1 Å². The number of carbonyl (C=O) groups excluding carboxylic acids is 3. The van der Waals surface area contributed by atoms with Crippen molar-refractivity contribution in [3.8, 4) is 11.5 Å². The summed E-state index contributed by atoms with van der Waals surface area (Å²) in [6.45, 7) is 14.3. The quantitative estimate of drug-likeness (QED) is 0.298. The molecule has 0 aliphatic heterocycles. The van der Waals surface area contributed by atoms with Crippen LogP contribution in [0.2, 0.25) is 0 Å². The van der Waals surface area contributed by atoms with Gasteiger partial charge in [-0.3, -0.25) is 14.4 Å². The van der Waals surface area contributed by atoms with Crippen LogP contribution in [0, 0.1) is 29.6 Å². The van der Waals surface area contributed by atoms with Gasteiger partial charge in [0.15, 0.2) is 11.5 Å². The van der Waals surface area contributed by atoms with Gasteiger partial charge < -0.3 is 29.8 Å². The summed E-state index contributed by atoms with van der Waals surface area (Å²) in [5.41, 5.74) is 6.46. The van der Waals surface area contributed by atoms with Gasteiger partial charge in [0, 0.05) is 11.8 Å². The zero-order valence-corrected chi connectivity index (χ0v) is 23.1. The van der Waals surface area contributed by atoms with Crippen LogP contribution in [-0.2, 0) is 23.9 Å². The van der Waals surface area contributed by atoms with Crippen LogP contribution in [0.3, 0.4) is 0 Å². The summed E-state index contributed by atoms with van der Waals surface area (Å²) in [6, 6.07) is 3.07. The second-order valence-electron chi connectivity index (χ2n) is 10.1. The van der Waals surface area contributed by atoms with E-state index in [4.69, 9.17) is 19.9 Å². The van der Waals surface area contributed by atoms with E-state index in [2.05, 4.69) is 4.74 Å². The van der Waals surface area contributed by atoms with Crippen LogP contribution in [0.5, 0.6) is 11.5 Å². The summed E-state index contributed by atoms with van der Waals surface area (Å²) in [5, 5.41) is 9.70. The number of hydrogen-bond donors (Lipinski definition) is 2. The van der Waals surface area contributed by atoms with Gasteiger partial charge >= 0.3 is 24.1 Å². The molecular weight excluding hydrogens is 482 g/mol. The van der Waals surface area contributed by atoms with E-state index in [1.54, 1.807) is 33.8 Å². The molecule has 37 heavy (non-hydrogen) atoms. The minimum absolute atomic E-state index is 0.00725. The van der Waals surface area contributed by atoms with Gasteiger partial charge in [-0.1, -0.05) is 54.5 Å². The smallest absolute Gasteiger partial charge is 0.480 e. The van der Waals surface area contributed by atoms with Crippen LogP contribution in [0.1, 0.15) is 66.9 Å². The normalized spacial score (nSPS) is 16.2. The molecule has 0 saturated carbocycles. The highest BCUT2D eigenvalue weighted by atomic mass is 16.7. The van der Waals surface area contributed by atoms with Gasteiger partial charge in [-0.15, -0.1) is 0 Å². The molecule has 0 aliphatic rings. The Hall–Kier alpha value is -3.14. The number of rotatable bonds is 12. The minimum Gasteiger partial charge on any atom is -0.480 e. The molecule has 5 unspecified atom stereocenters. The monoisotopic (exact) mass is 523 g/mol. The van der Waals surface area contributed by atoms with Crippen molar-refractivity contribution in [3.63, 3.8) is 0 Å². The third-order valence-corrected chi connectivity index (χ3v) is 6.95. The van der Waals surface area contributed by atoms with E-state index in [-0.39, 0.29) is 23.3 Å². The molecule has 0 aromatic heterocycles. The van der Waals surface area contributed by atoms with Crippen molar-refractivity contribution in [1.29, 1.82) is 0 Å². The number of carboxylic acids is 1. The Balaban J connectivity index is 3.57. The number of benzene rings is 1. The minimum atomic E-state index is -1.38. The summed E-state index contributed by atoms with van der Waals surface area (Å²) in [7, 11) is 1.17. The van der Waals surface area contributed by atoms with E-state index in [1.165, 1.54) is 19.2 Å². The Labute approximate surface area is 218 Å². The summed E-state index contributed by atoms with van der Waals surface area (Å²) >= 11 is 0. The van der Waals surface area contributed by atoms with E-state index in [1.807, 2.05) is 27.7 Å². The fourth-order valence-corrected chi connectivity index (χ4v) is 3.43. The second kappa shape index (κ2) is 14.0. The lowest BCUT2D eigenvalue weighted by atomic mass is 9.79. The van der Waals surface area contributed by atoms with Crippen molar-refractivity contribution in [2.45, 2.75) is 73.5 Å². The fourth-order valence-electron chi connectivity index (χ4n) is 3.43. The van der Waals surface area contributed by atoms with Crippen LogP contribution < -0.4 is 15.2 Å². The molecule has 10 nitrogen and oxygen atoms in total. The van der Waals surface area contributed by atoms with Gasteiger partial charge in [0.2, 0.25) is 0 Å². The zero-order chi connectivity index (χ0) is 28.6. The molecule has 0 bridgehead atoms. The first-order valence-corrected chi connectivity index (χ1v) is 12.4. The molecule has 208 valence electrons. The molecule has 6 atom stereocenters. The lowest BCUT2D eigenvalue weighted by Gasteiger charge is -2.31. The maximum absolute atomic E-state index is 12.8. The van der Waals surface area contributed by atoms with Gasteiger partial charge in [-0.2, -0.15) is 0 Å². The van der Waals surface area contributed by atoms with Gasteiger partial charge in [-0.25, -0.2) is 4.79 Å². The highest BCUT2D eigenvalue weighted by Crippen LogP contribution is 2.38. The number of esters is 2. The molecular formula is C27H41NO9. The average molecular weight is 524 g/mol. The number of hydrogen-bond acceptors (Lipinski definition) is 9. The first kappa shape index (κ1) is 31.9. The predicted octanol–water partition coefficient (Wildman–Crippen LogP) is 4.38. The number of methoxy groups -OCH3 is 1. The first-order valence-electron chi connectivity index (χ1n) is 12.4. The fraction of sp³-hybridized carbons (Fsp3) is 0.630. The highest BCUT2D eigenvalue weighted by Gasteiger charge is 2.36. The van der Waals surface area contributed by atoms with Crippen LogP contribution in [0.4, 0.5) is 4.79 Å². The molecule has 1 aromatic carbocycles. The van der Waals surface area contributed by atoms with Gasteiger partial charge in [0.25, 0.3) is 0 Å². The standard InChI is InChI=1S/C27H41NO9/c1-13(2)15(5)25(31)36-20-11-10-19(12-21(20)37-26(32)16(6)14(3)4)22(23(28)24(29)30)17(7)18(8)35-27(33)34-9/h10-18,22-23H,28H2,1-9H3,(H,29,30)/t15?,16?,17?,18?,22?,23-/m0/s1. The van der Waals surface area contributed by atoms with E-state index >= 15 is 0 Å². The number of carboxylic acid groups (broad SMARTS) is 1. The molecule has 10 heteroatoms. The van der Waals surface area contributed by atoms with Crippen molar-refractivity contribution < 1.29 is 43.2 Å². The summed E-state index contributed by atoms with van der Waals surface area (Å²) < 4.78 is 21.0. The Morgan fingerprint density at radius 2 is 1.30 bits per heavy atom. The van der Waals surface area contributed by atoms with Gasteiger partial charge in [0.05, 0.1) is 18.9 Å². The second-order valence-corrected chi connectivity index (χ2v) is 10.1. The van der Waals surface area contributed by atoms with Crippen molar-refractivity contribution in [3.05, 3.63) is 23.8 Å². The van der Waals surface area contributed by atoms with Gasteiger partial charge in [-0.05, 0) is 36.5 Å². The molecule has 0 spiro atoms. The summed E-state index contributed by atoms with van der Waals surface area (Å²) in [6.07, 6.45) is -1.68. The van der Waals surface area contributed by atoms with Crippen molar-refractivity contribution in [1.82, 2.24) is 0 Å². The molecule has 0 amide bonds. The maximum atomic E-state index is 12.8. The van der Waals surface area contributed by atoms with Crippen molar-refractivity contribution in [2.75, 3.05) is 7.11 Å². The van der Waals surface area contributed by atoms with E-state index in [0.717, 1.165) is 0 Å². The number of carbonyl (C=O) groups is 4. The summed E-state index contributed by atoms with van der Waals surface area (Å²) in [4.78, 5) is 49.0. The Kier molecular flexibility index (Phi) is 12.0. The van der Waals surface area contributed by atoms with Crippen molar-refractivity contribution in [2.24, 2.45) is 35.3 Å². The van der Waals surface area contributed by atoms with E-state index < -0.39 is 59.9 Å². The third-order valence-electron chi connectivity index (χ3n) is 6.95. The predicted molar refractivity (Wildman–Crippen MR) is 136 cm³/mol. The van der Waals surface area contributed by atoms with Crippen LogP contribution in [0.15, 0.2) is 18.2 Å². The molecule has 3 N–H and O–H groups in total. The molecule has 0 aliphatic carbocycles. The van der Waals surface area contributed by atoms with Crippen molar-refractivity contribution >= 4 is 24.1 Å². The Morgan fingerprint density at radius 3 is 1.73 bits per heavy atom. The maximum Gasteiger partial charge on any atom is 0.508 e. The lowest BCUT2D eigenvalue weighted by molar-refractivity contribution is -0.142. The first-order chi connectivity index (χ1) is 17.1. The van der Waals surface area contributed by atoms with Crippen LogP contribution >= 0.6 is 0 Å². The molecule has 0 saturated heterocycles. The number of ether oxygens (including phenoxy) is 4. The van der Waals surface area contributed by atoms with Crippen LogP contribution in [-0.4, -0.2) is 48.4 Å². The molecule has 0 heterocycles. The Bertz CT molecular complexity index is 959. The lowest BCUT2D eigenvalue weighted by Crippen LogP contribution is -2.42. The highest BCUT2D eigenvalue weighted by molar-refractivity contribution is 5.79. The topological polar surface area (TPSA) is 151 Å².